The van der Waals surface area contributed by atoms with Gasteiger partial charge in [0, 0.05) is 33.8 Å². The molecule has 0 spiro atoms. The molecule has 1 atom stereocenters. The summed E-state index contributed by atoms with van der Waals surface area (Å²) in [4.78, 5) is 19.4. The van der Waals surface area contributed by atoms with E-state index < -0.39 is 17.8 Å². The Balaban J connectivity index is 1.52. The topological polar surface area (TPSA) is 115 Å². The van der Waals surface area contributed by atoms with Gasteiger partial charge in [0.2, 0.25) is 11.9 Å². The number of carbonyl (C=O) groups is 1. The highest BCUT2D eigenvalue weighted by atomic mass is 35.5. The molecule has 1 unspecified atom stereocenters. The fraction of sp³-hybridized carbons (Fsp3) is 0.0968. The number of aromatic nitrogens is 3. The summed E-state index contributed by atoms with van der Waals surface area (Å²) in [5.41, 5.74) is 3.40. The molecule has 0 aliphatic carbocycles. The Labute approximate surface area is 244 Å². The number of methoxy groups -OCH3 is 1. The molecule has 8 nitrogen and oxygen atoms in total. The van der Waals surface area contributed by atoms with E-state index in [1.165, 1.54) is 37.6 Å². The number of anilines is 1. The Morgan fingerprint density at radius 1 is 1.10 bits per heavy atom. The number of amides is 1. The van der Waals surface area contributed by atoms with Gasteiger partial charge in [-0.25, -0.2) is 18.6 Å². The summed E-state index contributed by atoms with van der Waals surface area (Å²) >= 11 is 5.97. The number of hydrogen-bond donors (Lipinski definition) is 3. The van der Waals surface area contributed by atoms with Crippen molar-refractivity contribution in [3.8, 4) is 28.5 Å². The maximum atomic E-state index is 14.9. The van der Waals surface area contributed by atoms with Crippen LogP contribution in [0.25, 0.3) is 22.4 Å². The quantitative estimate of drug-likeness (QED) is 0.146. The highest BCUT2D eigenvalue weighted by Crippen LogP contribution is 2.33. The van der Waals surface area contributed by atoms with Gasteiger partial charge in [0.25, 0.3) is 0 Å². The predicted octanol–water partition coefficient (Wildman–Crippen LogP) is 6.62. The van der Waals surface area contributed by atoms with Crippen LogP contribution in [0.3, 0.4) is 0 Å². The zero-order valence-corrected chi connectivity index (χ0v) is 22.9. The number of rotatable bonds is 7. The largest absolute Gasteiger partial charge is 0.453 e. The summed E-state index contributed by atoms with van der Waals surface area (Å²) in [5, 5.41) is 23.1. The first-order valence-corrected chi connectivity index (χ1v) is 13.0. The van der Waals surface area contributed by atoms with Crippen LogP contribution < -0.4 is 10.0 Å². The van der Waals surface area contributed by atoms with Crippen LogP contribution >= 0.6 is 11.6 Å². The zero-order chi connectivity index (χ0) is 29.8. The summed E-state index contributed by atoms with van der Waals surface area (Å²) in [6, 6.07) is 20.9. The normalized spacial score (nSPS) is 11.5. The van der Waals surface area contributed by atoms with Gasteiger partial charge in [-0.1, -0.05) is 35.9 Å². The number of aromatic amines is 1. The van der Waals surface area contributed by atoms with Gasteiger partial charge in [-0.05, 0) is 54.4 Å². The minimum Gasteiger partial charge on any atom is -0.453 e. The third kappa shape index (κ3) is 5.92. The van der Waals surface area contributed by atoms with E-state index in [9.17, 15) is 24.0 Å². The molecule has 0 saturated heterocycles. The Morgan fingerprint density at radius 2 is 1.81 bits per heavy atom. The van der Waals surface area contributed by atoms with Gasteiger partial charge < -0.3 is 9.72 Å². The van der Waals surface area contributed by atoms with Crippen LogP contribution in [0, 0.1) is 23.0 Å². The van der Waals surface area contributed by atoms with E-state index in [0.29, 0.717) is 29.3 Å². The average Bonchev–Trinajstić information content (AvgIpc) is 3.49. The average molecular weight is 587 g/mol. The van der Waals surface area contributed by atoms with Crippen molar-refractivity contribution in [3.05, 3.63) is 124 Å². The van der Waals surface area contributed by atoms with Crippen molar-refractivity contribution in [2.75, 3.05) is 12.4 Å². The number of ether oxygens (including phenoxy) is 1. The second kappa shape index (κ2) is 12.1. The first kappa shape index (κ1) is 28.3. The molecule has 2 heterocycles. The lowest BCUT2D eigenvalue weighted by molar-refractivity contribution is -0.909. The Bertz CT molecular complexity index is 1800. The fourth-order valence-electron chi connectivity index (χ4n) is 4.60. The number of H-pyrrole nitrogens is 1. The van der Waals surface area contributed by atoms with E-state index >= 15 is 0 Å². The summed E-state index contributed by atoms with van der Waals surface area (Å²) in [6.07, 6.45) is 2.77. The van der Waals surface area contributed by atoms with Crippen molar-refractivity contribution >= 4 is 23.4 Å². The lowest BCUT2D eigenvalue weighted by Crippen LogP contribution is -2.37. The molecule has 5 rings (SSSR count). The van der Waals surface area contributed by atoms with Crippen molar-refractivity contribution in [2.45, 2.75) is 12.3 Å². The number of nitrogens with zero attached hydrogens (tertiary/aromatic N) is 3. The monoisotopic (exact) mass is 586 g/mol. The van der Waals surface area contributed by atoms with Gasteiger partial charge in [0.15, 0.2) is 5.82 Å². The highest BCUT2D eigenvalue weighted by molar-refractivity contribution is 6.31. The molecule has 3 aromatic carbocycles. The van der Waals surface area contributed by atoms with Gasteiger partial charge in [0.05, 0.1) is 35.0 Å². The molecule has 0 aliphatic heterocycles. The summed E-state index contributed by atoms with van der Waals surface area (Å²) in [7, 11) is 1.28. The summed E-state index contributed by atoms with van der Waals surface area (Å²) in [5.74, 6) is -1.18. The fourth-order valence-corrected chi connectivity index (χ4v) is 4.76. The van der Waals surface area contributed by atoms with Crippen LogP contribution in [0.4, 0.5) is 19.3 Å². The molecule has 0 bridgehead atoms. The molecule has 0 fully saturated rings. The first-order chi connectivity index (χ1) is 20.3. The molecule has 3 N–H and O–H groups in total. The number of benzene rings is 3. The second-order valence-electron chi connectivity index (χ2n) is 9.33. The van der Waals surface area contributed by atoms with E-state index in [2.05, 4.69) is 15.0 Å². The standard InChI is InChI=1S/C31H22ClF2N5O3/c1-42-31(40)37-23-10-4-19(5-11-23)26-16-36-30(38-26)24(14-18-2-8-22(33)9-3-18)27-13-7-21(17-39(27)41)28-20(15-35)6-12-25(32)29(28)34/h2-13,16-17,24H,14H2,1H3,(H2-,36,37,38,40,41)/p+1. The molecule has 2 aromatic heterocycles. The Hall–Kier alpha value is -5.27. The van der Waals surface area contributed by atoms with E-state index in [1.54, 1.807) is 54.7 Å². The predicted molar refractivity (Wildman–Crippen MR) is 151 cm³/mol. The Kier molecular flexibility index (Phi) is 8.13. The molecular weight excluding hydrogens is 564 g/mol. The molecule has 42 heavy (non-hydrogen) atoms. The van der Waals surface area contributed by atoms with Crippen LogP contribution in [0.15, 0.2) is 85.2 Å². The van der Waals surface area contributed by atoms with Crippen LogP contribution in [0.2, 0.25) is 5.02 Å². The smallest absolute Gasteiger partial charge is 0.411 e. The SMILES string of the molecule is COC(=O)Nc1ccc(-c2c[nH]c(C(Cc3ccc(F)cc3)c3ccc(-c4c(C#N)ccc(Cl)c4F)c[n+]3O)n2)cc1. The maximum absolute atomic E-state index is 14.9. The van der Waals surface area contributed by atoms with Crippen molar-refractivity contribution in [1.82, 2.24) is 9.97 Å². The van der Waals surface area contributed by atoms with Crippen molar-refractivity contribution in [2.24, 2.45) is 0 Å². The van der Waals surface area contributed by atoms with Crippen molar-refractivity contribution < 1.29 is 28.2 Å². The number of pyridine rings is 1. The molecular formula is C31H23ClF2N5O3+. The number of nitrogens with one attached hydrogen (secondary N) is 2. The maximum Gasteiger partial charge on any atom is 0.411 e. The van der Waals surface area contributed by atoms with Gasteiger partial charge in [-0.15, -0.1) is 0 Å². The molecule has 11 heteroatoms. The minimum atomic E-state index is -0.769. The van der Waals surface area contributed by atoms with Gasteiger partial charge >= 0.3 is 6.09 Å². The minimum absolute atomic E-state index is 0.0279. The number of carbonyl (C=O) groups excluding carboxylic acids is 1. The third-order valence-corrected chi connectivity index (χ3v) is 7.01. The number of halogens is 3. The van der Waals surface area contributed by atoms with E-state index in [-0.39, 0.29) is 27.5 Å². The first-order valence-electron chi connectivity index (χ1n) is 12.7. The van der Waals surface area contributed by atoms with E-state index in [1.807, 2.05) is 6.07 Å². The highest BCUT2D eigenvalue weighted by Gasteiger charge is 2.29. The summed E-state index contributed by atoms with van der Waals surface area (Å²) < 4.78 is 34.0. The van der Waals surface area contributed by atoms with Crippen LogP contribution in [-0.2, 0) is 11.2 Å². The number of nitriles is 1. The molecule has 0 aliphatic rings. The van der Waals surface area contributed by atoms with Gasteiger partial charge in [0.1, 0.15) is 17.6 Å². The van der Waals surface area contributed by atoms with Crippen LogP contribution in [0.1, 0.15) is 28.6 Å². The third-order valence-electron chi connectivity index (χ3n) is 6.71. The van der Waals surface area contributed by atoms with E-state index in [4.69, 9.17) is 16.6 Å². The lowest BCUT2D eigenvalue weighted by atomic mass is 9.93. The molecule has 1 amide bonds. The lowest BCUT2D eigenvalue weighted by Gasteiger charge is -2.13. The molecule has 0 radical (unpaired) electrons. The zero-order valence-electron chi connectivity index (χ0n) is 22.1. The number of hydrogen-bond acceptors (Lipinski definition) is 5. The van der Waals surface area contributed by atoms with E-state index in [0.717, 1.165) is 15.9 Å². The van der Waals surface area contributed by atoms with Crippen LogP contribution in [0.5, 0.6) is 0 Å². The van der Waals surface area contributed by atoms with Gasteiger partial charge in [-0.3, -0.25) is 10.5 Å². The molecule has 5 aromatic rings. The Morgan fingerprint density at radius 3 is 2.48 bits per heavy atom. The van der Waals surface area contributed by atoms with Crippen molar-refractivity contribution in [3.63, 3.8) is 0 Å². The molecule has 210 valence electrons. The summed E-state index contributed by atoms with van der Waals surface area (Å²) in [6.45, 7) is 0. The molecule has 0 saturated carbocycles. The van der Waals surface area contributed by atoms with Gasteiger partial charge in [-0.2, -0.15) is 5.26 Å². The number of imidazole rings is 1. The van der Waals surface area contributed by atoms with Crippen molar-refractivity contribution in [1.29, 1.82) is 5.26 Å². The van der Waals surface area contributed by atoms with Crippen LogP contribution in [-0.4, -0.2) is 28.4 Å². The second-order valence-corrected chi connectivity index (χ2v) is 9.74.